The fourth-order valence-corrected chi connectivity index (χ4v) is 1.50. The van der Waals surface area contributed by atoms with Gasteiger partial charge < -0.3 is 10.1 Å². The van der Waals surface area contributed by atoms with Gasteiger partial charge in [0.15, 0.2) is 0 Å². The van der Waals surface area contributed by atoms with Crippen LogP contribution in [0.3, 0.4) is 0 Å². The molecule has 0 aliphatic carbocycles. The van der Waals surface area contributed by atoms with Crippen molar-refractivity contribution in [2.24, 2.45) is 0 Å². The van der Waals surface area contributed by atoms with Crippen molar-refractivity contribution in [3.63, 3.8) is 0 Å². The van der Waals surface area contributed by atoms with E-state index in [4.69, 9.17) is 4.74 Å². The van der Waals surface area contributed by atoms with Gasteiger partial charge in [-0.1, -0.05) is 12.1 Å². The van der Waals surface area contributed by atoms with Crippen molar-refractivity contribution >= 4 is 5.78 Å². The molecule has 0 atom stereocenters. The lowest BCUT2D eigenvalue weighted by molar-refractivity contribution is -0.116. The molecule has 0 amide bonds. The van der Waals surface area contributed by atoms with Gasteiger partial charge in [0, 0.05) is 0 Å². The molecule has 1 rings (SSSR count). The second kappa shape index (κ2) is 7.07. The molecule has 3 heteroatoms. The van der Waals surface area contributed by atoms with Gasteiger partial charge in [-0.15, -0.1) is 0 Å². The summed E-state index contributed by atoms with van der Waals surface area (Å²) < 4.78 is 5.57. The molecule has 0 spiro atoms. The standard InChI is InChI=1S/C14H21NO2/c1-11(2)17-14-6-4-13(5-7-14)8-9-15-10-12(3)16/h4-7,11,15H,8-10H2,1-3H3. The first kappa shape index (κ1) is 13.7. The maximum atomic E-state index is 10.7. The maximum absolute atomic E-state index is 10.7. The van der Waals surface area contributed by atoms with Crippen LogP contribution in [0, 0.1) is 0 Å². The summed E-state index contributed by atoms with van der Waals surface area (Å²) in [4.78, 5) is 10.7. The summed E-state index contributed by atoms with van der Waals surface area (Å²) in [6.45, 7) is 6.89. The van der Waals surface area contributed by atoms with Crippen LogP contribution in [0.5, 0.6) is 5.75 Å². The highest BCUT2D eigenvalue weighted by molar-refractivity contribution is 5.77. The first-order valence-electron chi connectivity index (χ1n) is 6.03. The Labute approximate surface area is 103 Å². The van der Waals surface area contributed by atoms with E-state index in [1.165, 1.54) is 5.56 Å². The third kappa shape index (κ3) is 6.07. The lowest BCUT2D eigenvalue weighted by atomic mass is 10.1. The SMILES string of the molecule is CC(=O)CNCCc1ccc(OC(C)C)cc1. The van der Waals surface area contributed by atoms with Gasteiger partial charge in [0.1, 0.15) is 11.5 Å². The largest absolute Gasteiger partial charge is 0.491 e. The quantitative estimate of drug-likeness (QED) is 0.736. The van der Waals surface area contributed by atoms with E-state index in [2.05, 4.69) is 17.4 Å². The molecule has 1 aromatic rings. The minimum absolute atomic E-state index is 0.172. The molecular formula is C14H21NO2. The second-order valence-corrected chi connectivity index (χ2v) is 4.44. The zero-order valence-electron chi connectivity index (χ0n) is 10.8. The highest BCUT2D eigenvalue weighted by Gasteiger charge is 1.98. The lowest BCUT2D eigenvalue weighted by Crippen LogP contribution is -2.23. The normalized spacial score (nSPS) is 10.6. The molecule has 3 nitrogen and oxygen atoms in total. The highest BCUT2D eigenvalue weighted by Crippen LogP contribution is 2.13. The Bertz CT molecular complexity index is 344. The summed E-state index contributed by atoms with van der Waals surface area (Å²) in [7, 11) is 0. The number of hydrogen-bond donors (Lipinski definition) is 1. The van der Waals surface area contributed by atoms with Gasteiger partial charge in [-0.25, -0.2) is 0 Å². The summed E-state index contributed by atoms with van der Waals surface area (Å²) in [5, 5.41) is 3.10. The first-order valence-corrected chi connectivity index (χ1v) is 6.03. The minimum Gasteiger partial charge on any atom is -0.491 e. The van der Waals surface area contributed by atoms with Crippen molar-refractivity contribution in [3.05, 3.63) is 29.8 Å². The maximum Gasteiger partial charge on any atom is 0.143 e. The van der Waals surface area contributed by atoms with Crippen LogP contribution in [0.4, 0.5) is 0 Å². The Balaban J connectivity index is 2.32. The molecule has 0 bridgehead atoms. The average molecular weight is 235 g/mol. The zero-order chi connectivity index (χ0) is 12.7. The van der Waals surface area contributed by atoms with Gasteiger partial charge in [-0.3, -0.25) is 4.79 Å². The van der Waals surface area contributed by atoms with Gasteiger partial charge in [0.05, 0.1) is 12.6 Å². The van der Waals surface area contributed by atoms with Crippen LogP contribution < -0.4 is 10.1 Å². The molecule has 94 valence electrons. The molecule has 1 N–H and O–H groups in total. The fourth-order valence-electron chi connectivity index (χ4n) is 1.50. The molecule has 0 fully saturated rings. The first-order chi connectivity index (χ1) is 8.08. The van der Waals surface area contributed by atoms with E-state index >= 15 is 0 Å². The van der Waals surface area contributed by atoms with Gasteiger partial charge in [-0.2, -0.15) is 0 Å². The molecule has 0 heterocycles. The molecule has 0 unspecified atom stereocenters. The van der Waals surface area contributed by atoms with Crippen LogP contribution >= 0.6 is 0 Å². The minimum atomic E-state index is 0.172. The Kier molecular flexibility index (Phi) is 5.70. The van der Waals surface area contributed by atoms with Crippen molar-refractivity contribution < 1.29 is 9.53 Å². The molecule has 17 heavy (non-hydrogen) atoms. The number of ketones is 1. The van der Waals surface area contributed by atoms with Crippen LogP contribution in [0.2, 0.25) is 0 Å². The lowest BCUT2D eigenvalue weighted by Gasteiger charge is -2.10. The van der Waals surface area contributed by atoms with Gasteiger partial charge in [0.25, 0.3) is 0 Å². The molecule has 0 aliphatic heterocycles. The van der Waals surface area contributed by atoms with Crippen molar-refractivity contribution in [1.29, 1.82) is 0 Å². The van der Waals surface area contributed by atoms with Gasteiger partial charge >= 0.3 is 0 Å². The van der Waals surface area contributed by atoms with E-state index in [-0.39, 0.29) is 11.9 Å². The van der Waals surface area contributed by atoms with E-state index in [0.29, 0.717) is 6.54 Å². The van der Waals surface area contributed by atoms with Crippen LogP contribution in [0.1, 0.15) is 26.3 Å². The number of benzene rings is 1. The Morgan fingerprint density at radius 1 is 1.29 bits per heavy atom. The summed E-state index contributed by atoms with van der Waals surface area (Å²) in [6, 6.07) is 8.10. The van der Waals surface area contributed by atoms with E-state index < -0.39 is 0 Å². The molecule has 0 saturated carbocycles. The van der Waals surface area contributed by atoms with Crippen molar-refractivity contribution in [2.45, 2.75) is 33.3 Å². The summed E-state index contributed by atoms with van der Waals surface area (Å²) in [5.74, 6) is 1.08. The number of carbonyl (C=O) groups is 1. The Morgan fingerprint density at radius 3 is 2.47 bits per heavy atom. The van der Waals surface area contributed by atoms with Crippen molar-refractivity contribution in [1.82, 2.24) is 5.32 Å². The Morgan fingerprint density at radius 2 is 1.94 bits per heavy atom. The monoisotopic (exact) mass is 235 g/mol. The topological polar surface area (TPSA) is 38.3 Å². The molecule has 0 aromatic heterocycles. The molecule has 1 aromatic carbocycles. The van der Waals surface area contributed by atoms with Crippen LogP contribution in [-0.4, -0.2) is 25.0 Å². The predicted molar refractivity (Wildman–Crippen MR) is 69.5 cm³/mol. The smallest absolute Gasteiger partial charge is 0.143 e. The Hall–Kier alpha value is -1.35. The highest BCUT2D eigenvalue weighted by atomic mass is 16.5. The summed E-state index contributed by atoms with van der Waals surface area (Å²) >= 11 is 0. The van der Waals surface area contributed by atoms with Crippen LogP contribution in [-0.2, 0) is 11.2 Å². The number of Topliss-reactive ketones (excluding diaryl/α,β-unsaturated/α-hetero) is 1. The van der Waals surface area contributed by atoms with Crippen LogP contribution in [0.15, 0.2) is 24.3 Å². The number of nitrogens with one attached hydrogen (secondary N) is 1. The van der Waals surface area contributed by atoms with E-state index in [1.54, 1.807) is 6.92 Å². The van der Waals surface area contributed by atoms with Crippen LogP contribution in [0.25, 0.3) is 0 Å². The third-order valence-electron chi connectivity index (χ3n) is 2.26. The summed E-state index contributed by atoms with van der Waals surface area (Å²) in [6.07, 6.45) is 1.13. The number of rotatable bonds is 7. The van der Waals surface area contributed by atoms with Gasteiger partial charge in [-0.05, 0) is 51.4 Å². The third-order valence-corrected chi connectivity index (χ3v) is 2.26. The molecule has 0 saturated heterocycles. The van der Waals surface area contributed by atoms with E-state index in [1.807, 2.05) is 26.0 Å². The van der Waals surface area contributed by atoms with E-state index in [0.717, 1.165) is 18.7 Å². The molecular weight excluding hydrogens is 214 g/mol. The predicted octanol–water partition coefficient (Wildman–Crippen LogP) is 2.19. The fraction of sp³-hybridized carbons (Fsp3) is 0.500. The van der Waals surface area contributed by atoms with Crippen molar-refractivity contribution in [3.8, 4) is 5.75 Å². The van der Waals surface area contributed by atoms with Crippen molar-refractivity contribution in [2.75, 3.05) is 13.1 Å². The number of hydrogen-bond acceptors (Lipinski definition) is 3. The number of carbonyl (C=O) groups excluding carboxylic acids is 1. The van der Waals surface area contributed by atoms with Gasteiger partial charge in [0.2, 0.25) is 0 Å². The molecule has 0 radical (unpaired) electrons. The second-order valence-electron chi connectivity index (χ2n) is 4.44. The zero-order valence-corrected chi connectivity index (χ0v) is 10.8. The summed E-state index contributed by atoms with van der Waals surface area (Å²) in [5.41, 5.74) is 1.25. The van der Waals surface area contributed by atoms with E-state index in [9.17, 15) is 4.79 Å². The number of ether oxygens (including phenoxy) is 1. The average Bonchev–Trinajstić information content (AvgIpc) is 2.25. The molecule has 0 aliphatic rings.